The second-order valence-electron chi connectivity index (χ2n) is 6.65. The molecule has 1 fully saturated rings. The first-order valence-electron chi connectivity index (χ1n) is 8.86. The van der Waals surface area contributed by atoms with Gasteiger partial charge in [-0.05, 0) is 37.4 Å². The number of carbonyl (C=O) groups is 1. The van der Waals surface area contributed by atoms with Crippen LogP contribution in [0.3, 0.4) is 0 Å². The van der Waals surface area contributed by atoms with E-state index in [0.29, 0.717) is 12.5 Å². The van der Waals surface area contributed by atoms with Crippen LogP contribution in [0.25, 0.3) is 0 Å². The van der Waals surface area contributed by atoms with Crippen molar-refractivity contribution < 1.29 is 4.79 Å². The molecule has 1 heterocycles. The first-order valence-corrected chi connectivity index (χ1v) is 8.86. The van der Waals surface area contributed by atoms with Crippen molar-refractivity contribution in [3.05, 3.63) is 71.8 Å². The molecule has 2 aromatic rings. The van der Waals surface area contributed by atoms with Crippen molar-refractivity contribution in [3.63, 3.8) is 0 Å². The predicted molar refractivity (Wildman–Crippen MR) is 105 cm³/mol. The molecule has 3 rings (SSSR count). The topological polar surface area (TPSA) is 41.1 Å². The zero-order chi connectivity index (χ0) is 16.8. The molecular weight excluding hydrogens is 332 g/mol. The minimum Gasteiger partial charge on any atom is -0.353 e. The number of halogens is 1. The van der Waals surface area contributed by atoms with Crippen LogP contribution in [0.15, 0.2) is 60.7 Å². The molecule has 4 heteroatoms. The average Bonchev–Trinajstić information content (AvgIpc) is 3.10. The van der Waals surface area contributed by atoms with Crippen molar-refractivity contribution in [3.8, 4) is 0 Å². The summed E-state index contributed by atoms with van der Waals surface area (Å²) in [6.07, 6.45) is 2.84. The van der Waals surface area contributed by atoms with Crippen molar-refractivity contribution in [1.29, 1.82) is 0 Å². The molecule has 134 valence electrons. The quantitative estimate of drug-likeness (QED) is 0.822. The van der Waals surface area contributed by atoms with Crippen molar-refractivity contribution in [2.24, 2.45) is 0 Å². The number of carbonyl (C=O) groups excluding carboxylic acids is 1. The number of hydrogen-bond donors (Lipinski definition) is 2. The van der Waals surface area contributed by atoms with Crippen LogP contribution in [0.1, 0.15) is 43.2 Å². The highest BCUT2D eigenvalue weighted by atomic mass is 35.5. The Morgan fingerprint density at radius 1 is 1.08 bits per heavy atom. The van der Waals surface area contributed by atoms with Gasteiger partial charge in [0.1, 0.15) is 0 Å². The van der Waals surface area contributed by atoms with E-state index >= 15 is 0 Å². The number of benzene rings is 2. The fourth-order valence-electron chi connectivity index (χ4n) is 3.64. The SMILES string of the molecule is CC(NC(=O)CC1CCCN1)C(c1ccccc1)c1ccccc1.Cl. The Labute approximate surface area is 156 Å². The Morgan fingerprint density at radius 2 is 1.64 bits per heavy atom. The summed E-state index contributed by atoms with van der Waals surface area (Å²) in [4.78, 5) is 12.4. The molecule has 1 saturated heterocycles. The summed E-state index contributed by atoms with van der Waals surface area (Å²) in [5.74, 6) is 0.298. The summed E-state index contributed by atoms with van der Waals surface area (Å²) in [5.41, 5.74) is 2.46. The van der Waals surface area contributed by atoms with E-state index in [1.807, 2.05) is 12.1 Å². The molecule has 1 aliphatic rings. The van der Waals surface area contributed by atoms with Crippen LogP contribution in [0, 0.1) is 0 Å². The van der Waals surface area contributed by atoms with E-state index in [0.717, 1.165) is 13.0 Å². The average molecular weight is 359 g/mol. The smallest absolute Gasteiger partial charge is 0.221 e. The maximum atomic E-state index is 12.4. The summed E-state index contributed by atoms with van der Waals surface area (Å²) in [7, 11) is 0. The number of hydrogen-bond acceptors (Lipinski definition) is 2. The van der Waals surface area contributed by atoms with Gasteiger partial charge >= 0.3 is 0 Å². The second-order valence-corrected chi connectivity index (χ2v) is 6.65. The maximum absolute atomic E-state index is 12.4. The van der Waals surface area contributed by atoms with Gasteiger partial charge in [-0.1, -0.05) is 60.7 Å². The zero-order valence-electron chi connectivity index (χ0n) is 14.7. The molecule has 25 heavy (non-hydrogen) atoms. The van der Waals surface area contributed by atoms with Gasteiger partial charge < -0.3 is 10.6 Å². The molecule has 2 N–H and O–H groups in total. The van der Waals surface area contributed by atoms with E-state index < -0.39 is 0 Å². The molecule has 0 aromatic heterocycles. The third-order valence-corrected chi connectivity index (χ3v) is 4.80. The molecule has 0 spiro atoms. The number of amides is 1. The molecule has 0 bridgehead atoms. The molecule has 2 unspecified atom stereocenters. The van der Waals surface area contributed by atoms with E-state index in [9.17, 15) is 4.79 Å². The highest BCUT2D eigenvalue weighted by Crippen LogP contribution is 2.28. The fraction of sp³-hybridized carbons (Fsp3) is 0.381. The summed E-state index contributed by atoms with van der Waals surface area (Å²) >= 11 is 0. The fourth-order valence-corrected chi connectivity index (χ4v) is 3.64. The van der Waals surface area contributed by atoms with Gasteiger partial charge in [0.2, 0.25) is 5.91 Å². The highest BCUT2D eigenvalue weighted by Gasteiger charge is 2.24. The Kier molecular flexibility index (Phi) is 7.48. The lowest BCUT2D eigenvalue weighted by Gasteiger charge is -2.26. The number of rotatable bonds is 6. The predicted octanol–water partition coefficient (Wildman–Crippen LogP) is 3.89. The largest absolute Gasteiger partial charge is 0.353 e. The summed E-state index contributed by atoms with van der Waals surface area (Å²) in [6.45, 7) is 3.13. The monoisotopic (exact) mass is 358 g/mol. The first kappa shape index (κ1) is 19.5. The summed E-state index contributed by atoms with van der Waals surface area (Å²) in [6, 6.07) is 21.2. The molecule has 3 nitrogen and oxygen atoms in total. The van der Waals surface area contributed by atoms with E-state index in [1.165, 1.54) is 17.5 Å². The normalized spacial score (nSPS) is 17.8. The molecule has 1 aliphatic heterocycles. The molecule has 0 aliphatic carbocycles. The minimum absolute atomic E-state index is 0. The molecular formula is C21H27ClN2O. The van der Waals surface area contributed by atoms with Crippen molar-refractivity contribution >= 4 is 18.3 Å². The molecule has 0 radical (unpaired) electrons. The molecule has 0 saturated carbocycles. The summed E-state index contributed by atoms with van der Waals surface area (Å²) in [5, 5.41) is 6.62. The van der Waals surface area contributed by atoms with Gasteiger partial charge in [0, 0.05) is 24.4 Å². The third-order valence-electron chi connectivity index (χ3n) is 4.80. The van der Waals surface area contributed by atoms with Crippen LogP contribution < -0.4 is 10.6 Å². The van der Waals surface area contributed by atoms with Crippen LogP contribution in [-0.2, 0) is 4.79 Å². The van der Waals surface area contributed by atoms with E-state index in [4.69, 9.17) is 0 Å². The number of nitrogens with one attached hydrogen (secondary N) is 2. The first-order chi connectivity index (χ1) is 11.7. The van der Waals surface area contributed by atoms with Gasteiger partial charge in [-0.3, -0.25) is 4.79 Å². The molecule has 1 amide bonds. The Morgan fingerprint density at radius 3 is 2.12 bits per heavy atom. The second kappa shape index (κ2) is 9.59. The zero-order valence-corrected chi connectivity index (χ0v) is 15.5. The van der Waals surface area contributed by atoms with E-state index in [1.54, 1.807) is 0 Å². The van der Waals surface area contributed by atoms with Crippen molar-refractivity contribution in [1.82, 2.24) is 10.6 Å². The van der Waals surface area contributed by atoms with Gasteiger partial charge in [-0.2, -0.15) is 0 Å². The highest BCUT2D eigenvalue weighted by molar-refractivity contribution is 5.85. The van der Waals surface area contributed by atoms with Crippen LogP contribution in [0.2, 0.25) is 0 Å². The Hall–Kier alpha value is -1.84. The van der Waals surface area contributed by atoms with Gasteiger partial charge in [-0.25, -0.2) is 0 Å². The lowest BCUT2D eigenvalue weighted by Crippen LogP contribution is -2.40. The molecule has 2 atom stereocenters. The van der Waals surface area contributed by atoms with Crippen molar-refractivity contribution in [2.45, 2.75) is 44.2 Å². The van der Waals surface area contributed by atoms with E-state index in [2.05, 4.69) is 66.1 Å². The lowest BCUT2D eigenvalue weighted by atomic mass is 9.85. The van der Waals surface area contributed by atoms with Gasteiger partial charge in [0.25, 0.3) is 0 Å². The minimum atomic E-state index is 0. The van der Waals surface area contributed by atoms with Crippen LogP contribution in [0.5, 0.6) is 0 Å². The third kappa shape index (κ3) is 5.32. The van der Waals surface area contributed by atoms with E-state index in [-0.39, 0.29) is 30.3 Å². The van der Waals surface area contributed by atoms with Gasteiger partial charge in [-0.15, -0.1) is 12.4 Å². The van der Waals surface area contributed by atoms with Crippen molar-refractivity contribution in [2.75, 3.05) is 6.54 Å². The van der Waals surface area contributed by atoms with Gasteiger partial charge in [0.15, 0.2) is 0 Å². The van der Waals surface area contributed by atoms with Crippen LogP contribution >= 0.6 is 12.4 Å². The Bertz CT molecular complexity index is 602. The van der Waals surface area contributed by atoms with Crippen LogP contribution in [0.4, 0.5) is 0 Å². The summed E-state index contributed by atoms with van der Waals surface area (Å²) < 4.78 is 0. The standard InChI is InChI=1S/C21H26N2O.ClH/c1-16(23-20(24)15-19-13-8-14-22-19)21(17-9-4-2-5-10-17)18-11-6-3-7-12-18;/h2-7,9-12,16,19,21-22H,8,13-15H2,1H3,(H,23,24);1H. The maximum Gasteiger partial charge on any atom is 0.221 e. The Balaban J connectivity index is 0.00000225. The molecule has 2 aromatic carbocycles. The van der Waals surface area contributed by atoms with Gasteiger partial charge in [0.05, 0.1) is 0 Å². The lowest BCUT2D eigenvalue weighted by molar-refractivity contribution is -0.122. The van der Waals surface area contributed by atoms with Crippen LogP contribution in [-0.4, -0.2) is 24.5 Å².